The van der Waals surface area contributed by atoms with Gasteiger partial charge in [-0.1, -0.05) is 85.4 Å². The Kier molecular flexibility index (Phi) is 8.47. The van der Waals surface area contributed by atoms with Gasteiger partial charge in [0, 0.05) is 27.0 Å². The van der Waals surface area contributed by atoms with Crippen molar-refractivity contribution in [2.45, 2.75) is 91.2 Å². The molecule has 3 aliphatic rings. The number of hydrogen-bond donors (Lipinski definition) is 1. The lowest BCUT2D eigenvalue weighted by atomic mass is 9.64. The van der Waals surface area contributed by atoms with Crippen molar-refractivity contribution in [2.24, 2.45) is 16.2 Å². The predicted molar refractivity (Wildman–Crippen MR) is 194 cm³/mol. The Morgan fingerprint density at radius 3 is 2.15 bits per heavy atom. The van der Waals surface area contributed by atoms with Gasteiger partial charge in [-0.2, -0.15) is 9.47 Å². The van der Waals surface area contributed by atoms with Crippen LogP contribution < -0.4 is 4.74 Å². The predicted octanol–water partition coefficient (Wildman–Crippen LogP) is 11.2. The molecule has 5 nitrogen and oxygen atoms in total. The van der Waals surface area contributed by atoms with Gasteiger partial charge in [-0.25, -0.2) is 0 Å². The molecule has 46 heavy (non-hydrogen) atoms. The van der Waals surface area contributed by atoms with Gasteiger partial charge in [0.1, 0.15) is 5.75 Å². The molecule has 1 aromatic heterocycles. The first kappa shape index (κ1) is 33.7. The fourth-order valence-electron chi connectivity index (χ4n) is 8.57. The Labute approximate surface area is 279 Å². The van der Waals surface area contributed by atoms with Crippen molar-refractivity contribution in [3.8, 4) is 5.75 Å². The van der Waals surface area contributed by atoms with Crippen molar-refractivity contribution < 1.29 is 14.7 Å². The fraction of sp³-hybridized carbons (Fsp3) is 0.425. The van der Waals surface area contributed by atoms with Crippen LogP contribution in [-0.2, 0) is 5.41 Å². The molecule has 0 saturated carbocycles. The number of fused-ring (bicyclic) bond motifs is 6. The van der Waals surface area contributed by atoms with Crippen molar-refractivity contribution in [3.05, 3.63) is 101 Å². The minimum Gasteiger partial charge on any atom is -0.618 e. The van der Waals surface area contributed by atoms with Crippen molar-refractivity contribution in [1.82, 2.24) is 4.73 Å². The summed E-state index contributed by atoms with van der Waals surface area (Å²) in [5.41, 5.74) is 7.24. The highest BCUT2D eigenvalue weighted by Gasteiger charge is 2.49. The number of rotatable bonds is 3. The Morgan fingerprint density at radius 2 is 1.48 bits per heavy atom. The summed E-state index contributed by atoms with van der Waals surface area (Å²) in [6, 6.07) is 24.4. The van der Waals surface area contributed by atoms with E-state index in [0.717, 1.165) is 62.5 Å². The van der Waals surface area contributed by atoms with Crippen molar-refractivity contribution in [1.29, 1.82) is 0 Å². The van der Waals surface area contributed by atoms with Crippen LogP contribution in [0.1, 0.15) is 97.7 Å². The van der Waals surface area contributed by atoms with Crippen molar-refractivity contribution >= 4 is 39.6 Å². The maximum atomic E-state index is 12.5. The fourth-order valence-corrected chi connectivity index (χ4v) is 9.89. The van der Waals surface area contributed by atoms with E-state index in [0.29, 0.717) is 0 Å². The lowest BCUT2D eigenvalue weighted by molar-refractivity contribution is -0.361. The smallest absolute Gasteiger partial charge is 0.224 e. The number of nitrogens with zero attached hydrogens (tertiary/aromatic N) is 2. The van der Waals surface area contributed by atoms with E-state index in [-0.39, 0.29) is 34.3 Å². The molecular weight excluding hydrogens is 589 g/mol. The van der Waals surface area contributed by atoms with Crippen LogP contribution in [-0.4, -0.2) is 27.5 Å². The number of aromatic nitrogens is 1. The minimum absolute atomic E-state index is 0. The van der Waals surface area contributed by atoms with E-state index < -0.39 is 0 Å². The van der Waals surface area contributed by atoms with E-state index in [1.54, 1.807) is 7.11 Å². The monoisotopic (exact) mass is 638 g/mol. The summed E-state index contributed by atoms with van der Waals surface area (Å²) in [6.07, 6.45) is 4.29. The second-order valence-corrected chi connectivity index (χ2v) is 16.8. The highest BCUT2D eigenvalue weighted by atomic mass is 32.2. The van der Waals surface area contributed by atoms with Crippen LogP contribution in [0.25, 0.3) is 16.5 Å². The highest BCUT2D eigenvalue weighted by Crippen LogP contribution is 2.60. The average molecular weight is 639 g/mol. The largest absolute Gasteiger partial charge is 0.618 e. The van der Waals surface area contributed by atoms with Crippen LogP contribution in [0.2, 0.25) is 0 Å². The van der Waals surface area contributed by atoms with Crippen LogP contribution >= 0.6 is 11.8 Å². The van der Waals surface area contributed by atoms with Gasteiger partial charge in [-0.3, -0.25) is 0 Å². The lowest BCUT2D eigenvalue weighted by Gasteiger charge is -2.46. The summed E-state index contributed by atoms with van der Waals surface area (Å²) in [4.78, 5) is 1.22. The zero-order valence-electron chi connectivity index (χ0n) is 28.1. The Hall–Kier alpha value is -3.64. The number of benzene rings is 3. The molecule has 2 heterocycles. The third kappa shape index (κ3) is 5.63. The summed E-state index contributed by atoms with van der Waals surface area (Å²) in [5.74, 6) is 0.871. The third-order valence-electron chi connectivity index (χ3n) is 9.66. The quantitative estimate of drug-likeness (QED) is 0.138. The zero-order chi connectivity index (χ0) is 32.5. The normalized spacial score (nSPS) is 21.2. The summed E-state index contributed by atoms with van der Waals surface area (Å²) in [5, 5.41) is 24.9. The van der Waals surface area contributed by atoms with Gasteiger partial charge in [-0.15, -0.1) is 11.8 Å². The molecule has 244 valence electrons. The highest BCUT2D eigenvalue weighted by molar-refractivity contribution is 7.99. The molecule has 0 radical (unpaired) electrons. The van der Waals surface area contributed by atoms with Crippen LogP contribution in [0, 0.1) is 21.5 Å². The maximum absolute atomic E-state index is 12.5. The van der Waals surface area contributed by atoms with Crippen LogP contribution in [0.4, 0.5) is 5.69 Å². The molecule has 7 rings (SSSR count). The zero-order valence-corrected chi connectivity index (χ0v) is 28.9. The molecule has 2 aliphatic carbocycles. The van der Waals surface area contributed by atoms with Gasteiger partial charge in [0.05, 0.1) is 34.9 Å². The van der Waals surface area contributed by atoms with Gasteiger partial charge < -0.3 is 15.2 Å². The van der Waals surface area contributed by atoms with E-state index in [4.69, 9.17) is 4.74 Å². The van der Waals surface area contributed by atoms with Gasteiger partial charge >= 0.3 is 0 Å². The summed E-state index contributed by atoms with van der Waals surface area (Å²) in [6.45, 7) is 18.0. The molecular formula is C40H50N2O3S. The molecule has 6 heteroatoms. The Morgan fingerprint density at radius 1 is 0.848 bits per heavy atom. The maximum Gasteiger partial charge on any atom is 0.224 e. The molecule has 0 bridgehead atoms. The number of ether oxygens (including phenoxy) is 1. The van der Waals surface area contributed by atoms with Gasteiger partial charge in [-0.05, 0) is 79.5 Å². The molecule has 4 aromatic rings. The third-order valence-corrected chi connectivity index (χ3v) is 11.3. The number of allylic oxidation sites excluding steroid dienone is 2. The molecule has 1 atom stereocenters. The average Bonchev–Trinajstić information content (AvgIpc) is 3.42. The molecule has 3 aromatic carbocycles. The molecule has 1 aliphatic heterocycles. The van der Waals surface area contributed by atoms with Gasteiger partial charge in [0.25, 0.3) is 0 Å². The molecule has 0 fully saturated rings. The lowest BCUT2D eigenvalue weighted by Crippen LogP contribution is -2.38. The van der Waals surface area contributed by atoms with E-state index in [9.17, 15) is 10.4 Å². The van der Waals surface area contributed by atoms with Gasteiger partial charge in [0.2, 0.25) is 11.4 Å². The van der Waals surface area contributed by atoms with E-state index >= 15 is 0 Å². The number of methoxy groups -OCH3 is 1. The summed E-state index contributed by atoms with van der Waals surface area (Å²) >= 11 is 1.88. The van der Waals surface area contributed by atoms with Crippen LogP contribution in [0.15, 0.2) is 83.8 Å². The van der Waals surface area contributed by atoms with Crippen LogP contribution in [0.5, 0.6) is 5.75 Å². The Balaban J connectivity index is 0.000000191. The topological polar surface area (TPSA) is 60.5 Å². The Bertz CT molecular complexity index is 1840. The van der Waals surface area contributed by atoms with Gasteiger partial charge in [0.15, 0.2) is 0 Å². The first-order valence-corrected chi connectivity index (χ1v) is 16.8. The molecule has 0 spiro atoms. The molecule has 0 unspecified atom stereocenters. The van der Waals surface area contributed by atoms with Crippen molar-refractivity contribution in [3.63, 3.8) is 0 Å². The standard InChI is InChI=1S/C23H27NO2S.C16H19NO.CH4/c1-22(2)14-23(3,4)21(27-16-12-10-15(26-5)11-13-16)19-17-8-6-7-9-18(17)24(25)20(19)22;1-15(2)9-12-11-7-5-6-8-13(11)17(18)14(12)16(3,4)10-15;/h6-13,21,25H,14H2,1-5H3;5-9H,10H2,1-4H3;1H4/t21-;;/m1../s1. The minimum atomic E-state index is -0.0937. The first-order chi connectivity index (χ1) is 21.1. The number of hydrogen-bond acceptors (Lipinski definition) is 4. The van der Waals surface area contributed by atoms with Crippen molar-refractivity contribution in [2.75, 3.05) is 7.11 Å². The summed E-state index contributed by atoms with van der Waals surface area (Å²) in [7, 11) is 1.69. The summed E-state index contributed by atoms with van der Waals surface area (Å²) < 4.78 is 7.87. The second kappa shape index (κ2) is 11.6. The van der Waals surface area contributed by atoms with E-state index in [1.165, 1.54) is 15.2 Å². The van der Waals surface area contributed by atoms with E-state index in [1.807, 2.05) is 54.2 Å². The molecule has 0 amide bonds. The number of para-hydroxylation sites is 2. The number of thioether (sulfide) groups is 1. The SMILES string of the molecule is C.CC1(C)C=C2C(=[N+]([O-])c3ccccc32)C(C)(C)C1.COc1ccc(S[C@@H]2c3c(n(O)c4ccccc34)C(C)(C)CC2(C)C)cc1. The van der Waals surface area contributed by atoms with E-state index in [2.05, 4.69) is 91.8 Å². The molecule has 1 N–H and O–H groups in total. The van der Waals surface area contributed by atoms with Crippen LogP contribution in [0.3, 0.4) is 0 Å². The first-order valence-electron chi connectivity index (χ1n) is 15.9. The second-order valence-electron chi connectivity index (χ2n) is 15.6. The molecule has 0 saturated heterocycles.